The molecule has 1 N–H and O–H groups in total. The van der Waals surface area contributed by atoms with Crippen LogP contribution < -0.4 is 5.01 Å². The number of H-pyrrole nitrogens is 1. The molecule has 80 valence electrons. The van der Waals surface area contributed by atoms with E-state index < -0.39 is 0 Å². The predicted molar refractivity (Wildman–Crippen MR) is 59.9 cm³/mol. The van der Waals surface area contributed by atoms with Crippen LogP contribution in [-0.4, -0.2) is 31.7 Å². The minimum atomic E-state index is 0.670. The molecule has 0 aliphatic heterocycles. The third-order valence-electron chi connectivity index (χ3n) is 2.44. The summed E-state index contributed by atoms with van der Waals surface area (Å²) in [5.41, 5.74) is 1.50. The monoisotopic (exact) mass is 214 g/mol. The normalized spacial score (nSPS) is 10.8. The number of nitrogens with one attached hydrogen (secondary N) is 1. The molecule has 0 spiro atoms. The van der Waals surface area contributed by atoms with Crippen LogP contribution in [0.5, 0.6) is 0 Å². The van der Waals surface area contributed by atoms with Gasteiger partial charge in [0.05, 0.1) is 6.33 Å². The Morgan fingerprint density at radius 1 is 1.19 bits per heavy atom. The molecule has 0 fully saturated rings. The first kappa shape index (κ1) is 8.90. The molecule has 3 rings (SSSR count). The lowest BCUT2D eigenvalue weighted by atomic mass is 10.5. The lowest BCUT2D eigenvalue weighted by molar-refractivity contribution is 0.767. The standard InChI is InChI=1S/C10H10N6/c1-15(16-4-2-3-5-16)10-8-9(12-6-11-8)13-7-14-10/h2-7H,1H3,(H,11,12,13,14). The highest BCUT2D eigenvalue weighted by Crippen LogP contribution is 2.18. The third kappa shape index (κ3) is 1.23. The quantitative estimate of drug-likeness (QED) is 0.692. The molecule has 3 aromatic rings. The highest BCUT2D eigenvalue weighted by molar-refractivity contribution is 5.82. The van der Waals surface area contributed by atoms with Gasteiger partial charge in [0.15, 0.2) is 11.5 Å². The molecule has 0 radical (unpaired) electrons. The first-order chi connectivity index (χ1) is 7.86. The molecule has 0 bridgehead atoms. The zero-order valence-electron chi connectivity index (χ0n) is 8.70. The van der Waals surface area contributed by atoms with Crippen LogP contribution in [0.15, 0.2) is 37.2 Å². The van der Waals surface area contributed by atoms with Crippen molar-refractivity contribution in [3.05, 3.63) is 37.2 Å². The summed E-state index contributed by atoms with van der Waals surface area (Å²) in [5.74, 6) is 0.790. The van der Waals surface area contributed by atoms with E-state index in [0.29, 0.717) is 5.65 Å². The molecule has 0 atom stereocenters. The van der Waals surface area contributed by atoms with Gasteiger partial charge >= 0.3 is 0 Å². The molecule has 6 nitrogen and oxygen atoms in total. The summed E-state index contributed by atoms with van der Waals surface area (Å²) in [5, 5.41) is 1.92. The van der Waals surface area contributed by atoms with Gasteiger partial charge in [0.2, 0.25) is 0 Å². The molecule has 0 saturated carbocycles. The van der Waals surface area contributed by atoms with Crippen LogP contribution in [0.4, 0.5) is 5.82 Å². The van der Waals surface area contributed by atoms with Gasteiger partial charge in [-0.3, -0.25) is 9.69 Å². The second kappa shape index (κ2) is 3.34. The largest absolute Gasteiger partial charge is 0.340 e. The summed E-state index contributed by atoms with van der Waals surface area (Å²) in [7, 11) is 1.93. The topological polar surface area (TPSA) is 62.6 Å². The maximum absolute atomic E-state index is 4.26. The summed E-state index contributed by atoms with van der Waals surface area (Å²) in [6.45, 7) is 0. The minimum absolute atomic E-state index is 0.670. The highest BCUT2D eigenvalue weighted by atomic mass is 15.5. The van der Waals surface area contributed by atoms with Crippen molar-refractivity contribution in [1.29, 1.82) is 0 Å². The Hall–Kier alpha value is -2.37. The Balaban J connectivity index is 2.15. The minimum Gasteiger partial charge on any atom is -0.340 e. The summed E-state index contributed by atoms with van der Waals surface area (Å²) in [6.07, 6.45) is 7.03. The maximum Gasteiger partial charge on any atom is 0.182 e. The van der Waals surface area contributed by atoms with Crippen molar-refractivity contribution >= 4 is 17.0 Å². The van der Waals surface area contributed by atoms with Crippen LogP contribution in [0, 0.1) is 0 Å². The summed E-state index contributed by atoms with van der Waals surface area (Å²) < 4.78 is 1.93. The molecular weight excluding hydrogens is 204 g/mol. The molecule has 0 saturated heterocycles. The Morgan fingerprint density at radius 3 is 2.81 bits per heavy atom. The van der Waals surface area contributed by atoms with Gasteiger partial charge in [0, 0.05) is 19.4 Å². The van der Waals surface area contributed by atoms with Crippen LogP contribution in [0.3, 0.4) is 0 Å². The second-order valence-corrected chi connectivity index (χ2v) is 3.39. The number of imidazole rings is 1. The van der Waals surface area contributed by atoms with E-state index in [-0.39, 0.29) is 0 Å². The second-order valence-electron chi connectivity index (χ2n) is 3.39. The number of hydrogen-bond acceptors (Lipinski definition) is 4. The van der Waals surface area contributed by atoms with E-state index in [1.807, 2.05) is 41.3 Å². The number of hydrogen-bond donors (Lipinski definition) is 1. The van der Waals surface area contributed by atoms with Crippen LogP contribution in [-0.2, 0) is 0 Å². The van der Waals surface area contributed by atoms with Crippen molar-refractivity contribution in [2.24, 2.45) is 0 Å². The fourth-order valence-corrected chi connectivity index (χ4v) is 1.63. The molecule has 6 heteroatoms. The van der Waals surface area contributed by atoms with Gasteiger partial charge in [0.1, 0.15) is 11.8 Å². The van der Waals surface area contributed by atoms with E-state index >= 15 is 0 Å². The van der Waals surface area contributed by atoms with Gasteiger partial charge in [-0.1, -0.05) is 0 Å². The lowest BCUT2D eigenvalue weighted by Gasteiger charge is -2.19. The fourth-order valence-electron chi connectivity index (χ4n) is 1.63. The van der Waals surface area contributed by atoms with Crippen molar-refractivity contribution in [1.82, 2.24) is 24.6 Å². The van der Waals surface area contributed by atoms with Crippen molar-refractivity contribution in [2.75, 3.05) is 12.1 Å². The van der Waals surface area contributed by atoms with Crippen LogP contribution in [0.2, 0.25) is 0 Å². The summed E-state index contributed by atoms with van der Waals surface area (Å²) in [4.78, 5) is 15.5. The van der Waals surface area contributed by atoms with E-state index in [4.69, 9.17) is 0 Å². The molecule has 0 aliphatic rings. The number of nitrogens with zero attached hydrogens (tertiary/aromatic N) is 5. The Bertz CT molecular complexity index is 597. The van der Waals surface area contributed by atoms with Gasteiger partial charge in [-0.15, -0.1) is 0 Å². The Labute approximate surface area is 91.6 Å². The molecule has 3 aromatic heterocycles. The predicted octanol–water partition coefficient (Wildman–Crippen LogP) is 1.05. The molecule has 0 aliphatic carbocycles. The zero-order valence-corrected chi connectivity index (χ0v) is 8.70. The zero-order chi connectivity index (χ0) is 11.0. The number of aromatic nitrogens is 5. The van der Waals surface area contributed by atoms with Gasteiger partial charge < -0.3 is 4.98 Å². The van der Waals surface area contributed by atoms with E-state index in [0.717, 1.165) is 11.3 Å². The SMILES string of the molecule is CN(c1ncnc2nc[nH]c12)n1cccc1. The van der Waals surface area contributed by atoms with Gasteiger partial charge in [-0.2, -0.15) is 0 Å². The highest BCUT2D eigenvalue weighted by Gasteiger charge is 2.10. The molecule has 3 heterocycles. The smallest absolute Gasteiger partial charge is 0.182 e. The molecule has 0 aromatic carbocycles. The number of rotatable bonds is 2. The molecule has 0 amide bonds. The molecule has 0 unspecified atom stereocenters. The van der Waals surface area contributed by atoms with Crippen molar-refractivity contribution < 1.29 is 0 Å². The maximum atomic E-state index is 4.26. The average molecular weight is 214 g/mol. The van der Waals surface area contributed by atoms with Crippen LogP contribution in [0.1, 0.15) is 0 Å². The van der Waals surface area contributed by atoms with Gasteiger partial charge in [-0.05, 0) is 12.1 Å². The van der Waals surface area contributed by atoms with Crippen molar-refractivity contribution in [3.63, 3.8) is 0 Å². The van der Waals surface area contributed by atoms with Crippen molar-refractivity contribution in [2.45, 2.75) is 0 Å². The van der Waals surface area contributed by atoms with Crippen LogP contribution >= 0.6 is 0 Å². The molecular formula is C10H10N6. The fraction of sp³-hybridized carbons (Fsp3) is 0.100. The first-order valence-corrected chi connectivity index (χ1v) is 4.87. The summed E-state index contributed by atoms with van der Waals surface area (Å²) >= 11 is 0. The van der Waals surface area contributed by atoms with E-state index in [2.05, 4.69) is 19.9 Å². The number of fused-ring (bicyclic) bond motifs is 1. The van der Waals surface area contributed by atoms with E-state index in [9.17, 15) is 0 Å². The Morgan fingerprint density at radius 2 is 2.00 bits per heavy atom. The lowest BCUT2D eigenvalue weighted by Crippen LogP contribution is -2.24. The van der Waals surface area contributed by atoms with E-state index in [1.165, 1.54) is 6.33 Å². The molecule has 16 heavy (non-hydrogen) atoms. The number of anilines is 1. The van der Waals surface area contributed by atoms with Crippen LogP contribution in [0.25, 0.3) is 11.2 Å². The van der Waals surface area contributed by atoms with Crippen molar-refractivity contribution in [3.8, 4) is 0 Å². The summed E-state index contributed by atoms with van der Waals surface area (Å²) in [6, 6.07) is 3.92. The van der Waals surface area contributed by atoms with E-state index in [1.54, 1.807) is 6.33 Å². The Kier molecular flexibility index (Phi) is 1.86. The van der Waals surface area contributed by atoms with Gasteiger partial charge in [0.25, 0.3) is 0 Å². The third-order valence-corrected chi connectivity index (χ3v) is 2.44. The average Bonchev–Trinajstić information content (AvgIpc) is 2.98. The van der Waals surface area contributed by atoms with Gasteiger partial charge in [-0.25, -0.2) is 15.0 Å². The number of aromatic amines is 1. The first-order valence-electron chi connectivity index (χ1n) is 4.87.